The molecule has 0 radical (unpaired) electrons. The van der Waals surface area contributed by atoms with Crippen LogP contribution < -0.4 is 0 Å². The van der Waals surface area contributed by atoms with E-state index in [9.17, 15) is 8.42 Å². The Morgan fingerprint density at radius 2 is 2.00 bits per heavy atom. The zero-order valence-corrected chi connectivity index (χ0v) is 16.9. The number of rotatable bonds is 4. The molecule has 1 aromatic rings. The molecular weight excluding hydrogens is 380 g/mol. The fraction of sp³-hybridized carbons (Fsp3) is 0.300. The smallest absolute Gasteiger partial charge is 0.264 e. The van der Waals surface area contributed by atoms with E-state index in [2.05, 4.69) is 17.3 Å². The van der Waals surface area contributed by atoms with Crippen LogP contribution in [0.4, 0.5) is 0 Å². The first-order chi connectivity index (χ1) is 12.9. The monoisotopic (exact) mass is 400 g/mol. The molecule has 0 saturated carbocycles. The van der Waals surface area contributed by atoms with Gasteiger partial charge in [0.2, 0.25) is 0 Å². The van der Waals surface area contributed by atoms with E-state index in [0.29, 0.717) is 18.6 Å². The number of allylic oxidation sites excluding steroid dienone is 6. The average Bonchev–Trinajstić information content (AvgIpc) is 3.11. The van der Waals surface area contributed by atoms with Gasteiger partial charge in [-0.2, -0.15) is 13.7 Å². The van der Waals surface area contributed by atoms with Crippen molar-refractivity contribution < 1.29 is 12.7 Å². The fourth-order valence-corrected chi connectivity index (χ4v) is 4.74. The van der Waals surface area contributed by atoms with Gasteiger partial charge in [-0.15, -0.1) is 11.8 Å². The molecule has 0 atom stereocenters. The van der Waals surface area contributed by atoms with Gasteiger partial charge in [0, 0.05) is 17.1 Å². The minimum atomic E-state index is -3.94. The molecule has 2 aliphatic rings. The van der Waals surface area contributed by atoms with E-state index in [4.69, 9.17) is 9.55 Å². The maximum Gasteiger partial charge on any atom is 0.358 e. The standard InChI is InChI=1S/C20H20N2O3S2/c1-14-3-7-18(8-4-14)27(23,24)25-22-19-10-12-26-20(19)17-6-5-15(2)16(13-17)9-11-21/h3-5,7-8,13H,6,9-10,12H2,1-2H3. The van der Waals surface area contributed by atoms with Gasteiger partial charge in [-0.25, -0.2) is 0 Å². The number of oxime groups is 1. The van der Waals surface area contributed by atoms with Crippen molar-refractivity contribution >= 4 is 27.6 Å². The first kappa shape index (κ1) is 19.5. The van der Waals surface area contributed by atoms with Gasteiger partial charge in [-0.05, 0) is 43.5 Å². The quantitative estimate of drug-likeness (QED) is 0.688. The Bertz CT molecular complexity index is 1010. The molecule has 0 spiro atoms. The Morgan fingerprint density at radius 1 is 1.26 bits per heavy atom. The molecule has 27 heavy (non-hydrogen) atoms. The summed E-state index contributed by atoms with van der Waals surface area (Å²) in [6, 6.07) is 8.66. The van der Waals surface area contributed by atoms with Gasteiger partial charge >= 0.3 is 10.1 Å². The average molecular weight is 401 g/mol. The van der Waals surface area contributed by atoms with E-state index in [-0.39, 0.29) is 4.90 Å². The van der Waals surface area contributed by atoms with Crippen LogP contribution in [0.5, 0.6) is 0 Å². The molecular formula is C20H20N2O3S2. The van der Waals surface area contributed by atoms with E-state index in [1.54, 1.807) is 23.9 Å². The minimum absolute atomic E-state index is 0.0877. The summed E-state index contributed by atoms with van der Waals surface area (Å²) in [6.45, 7) is 3.89. The highest BCUT2D eigenvalue weighted by atomic mass is 32.2. The van der Waals surface area contributed by atoms with Crippen molar-refractivity contribution in [1.29, 1.82) is 5.26 Å². The molecule has 3 rings (SSSR count). The predicted octanol–water partition coefficient (Wildman–Crippen LogP) is 4.64. The van der Waals surface area contributed by atoms with E-state index >= 15 is 0 Å². The lowest BCUT2D eigenvalue weighted by atomic mass is 9.93. The second kappa shape index (κ2) is 8.15. The number of benzene rings is 1. The van der Waals surface area contributed by atoms with Crippen LogP contribution in [0.15, 0.2) is 68.1 Å². The summed E-state index contributed by atoms with van der Waals surface area (Å²) in [5, 5.41) is 13.0. The maximum atomic E-state index is 12.4. The third kappa shape index (κ3) is 4.52. The molecule has 0 N–H and O–H groups in total. The van der Waals surface area contributed by atoms with E-state index in [1.165, 1.54) is 12.1 Å². The largest absolute Gasteiger partial charge is 0.358 e. The van der Waals surface area contributed by atoms with Crippen molar-refractivity contribution in [3.8, 4) is 6.07 Å². The van der Waals surface area contributed by atoms with Crippen molar-refractivity contribution in [3.63, 3.8) is 0 Å². The summed E-state index contributed by atoms with van der Waals surface area (Å²) < 4.78 is 29.7. The second-order valence-electron chi connectivity index (χ2n) is 6.43. The van der Waals surface area contributed by atoms with Crippen LogP contribution in [-0.2, 0) is 14.4 Å². The predicted molar refractivity (Wildman–Crippen MR) is 108 cm³/mol. The first-order valence-corrected chi connectivity index (χ1v) is 11.0. The van der Waals surface area contributed by atoms with Crippen LogP contribution in [-0.4, -0.2) is 19.9 Å². The van der Waals surface area contributed by atoms with Crippen LogP contribution >= 0.6 is 11.8 Å². The molecule has 0 amide bonds. The van der Waals surface area contributed by atoms with Gasteiger partial charge in [-0.3, -0.25) is 4.28 Å². The molecule has 0 aromatic heterocycles. The highest BCUT2D eigenvalue weighted by Crippen LogP contribution is 2.36. The van der Waals surface area contributed by atoms with Gasteiger partial charge in [0.15, 0.2) is 0 Å². The van der Waals surface area contributed by atoms with Crippen molar-refractivity contribution in [2.24, 2.45) is 5.16 Å². The summed E-state index contributed by atoms with van der Waals surface area (Å²) in [4.78, 5) is 1.04. The number of nitrogens with zero attached hydrogens (tertiary/aromatic N) is 2. The SMILES string of the molecule is CC1=CCC(=C2SCCC2=NOS(=O)(=O)c2ccc(C)cc2)C=C1CC#N. The topological polar surface area (TPSA) is 79.5 Å². The Labute approximate surface area is 164 Å². The molecule has 1 aliphatic carbocycles. The van der Waals surface area contributed by atoms with E-state index < -0.39 is 10.1 Å². The normalized spacial score (nSPS) is 21.6. The number of nitriles is 1. The molecule has 1 saturated heterocycles. The Kier molecular flexibility index (Phi) is 5.88. The van der Waals surface area contributed by atoms with Crippen LogP contribution in [0.25, 0.3) is 0 Å². The highest BCUT2D eigenvalue weighted by molar-refractivity contribution is 8.04. The lowest BCUT2D eigenvalue weighted by Gasteiger charge is -2.14. The summed E-state index contributed by atoms with van der Waals surface area (Å²) in [7, 11) is -3.94. The van der Waals surface area contributed by atoms with Gasteiger partial charge < -0.3 is 0 Å². The number of aryl methyl sites for hydroxylation is 1. The van der Waals surface area contributed by atoms with Crippen LogP contribution in [0.1, 0.15) is 31.7 Å². The lowest BCUT2D eigenvalue weighted by Crippen LogP contribution is -2.06. The summed E-state index contributed by atoms with van der Waals surface area (Å²) >= 11 is 1.64. The maximum absolute atomic E-state index is 12.4. The Morgan fingerprint density at radius 3 is 2.70 bits per heavy atom. The zero-order chi connectivity index (χ0) is 19.4. The van der Waals surface area contributed by atoms with Crippen LogP contribution in [0, 0.1) is 18.3 Å². The third-order valence-electron chi connectivity index (χ3n) is 4.45. The number of hydrogen-bond donors (Lipinski definition) is 0. The molecule has 140 valence electrons. The summed E-state index contributed by atoms with van der Waals surface area (Å²) in [6.07, 6.45) is 5.87. The van der Waals surface area contributed by atoms with Crippen molar-refractivity contribution in [2.45, 2.75) is 38.0 Å². The van der Waals surface area contributed by atoms with Crippen molar-refractivity contribution in [3.05, 3.63) is 63.6 Å². The number of hydrogen-bond acceptors (Lipinski definition) is 6. The van der Waals surface area contributed by atoms with E-state index in [0.717, 1.165) is 39.4 Å². The Balaban J connectivity index is 1.86. The van der Waals surface area contributed by atoms with Crippen molar-refractivity contribution in [1.82, 2.24) is 0 Å². The second-order valence-corrected chi connectivity index (χ2v) is 9.06. The van der Waals surface area contributed by atoms with Crippen molar-refractivity contribution in [2.75, 3.05) is 5.75 Å². The van der Waals surface area contributed by atoms with Gasteiger partial charge in [-0.1, -0.05) is 40.6 Å². The molecule has 1 aliphatic heterocycles. The molecule has 1 aromatic carbocycles. The minimum Gasteiger partial charge on any atom is -0.264 e. The Hall–Kier alpha value is -2.30. The van der Waals surface area contributed by atoms with Gasteiger partial charge in [0.25, 0.3) is 0 Å². The lowest BCUT2D eigenvalue weighted by molar-refractivity contribution is 0.338. The number of thioether (sulfide) groups is 1. The van der Waals surface area contributed by atoms with Gasteiger partial charge in [0.1, 0.15) is 4.90 Å². The fourth-order valence-electron chi connectivity index (χ4n) is 2.86. The van der Waals surface area contributed by atoms with E-state index in [1.807, 2.05) is 19.9 Å². The molecule has 5 nitrogen and oxygen atoms in total. The first-order valence-electron chi connectivity index (χ1n) is 8.59. The molecule has 7 heteroatoms. The van der Waals surface area contributed by atoms with Crippen LogP contribution in [0.3, 0.4) is 0 Å². The molecule has 1 fully saturated rings. The summed E-state index contributed by atoms with van der Waals surface area (Å²) in [5.74, 6) is 0.829. The van der Waals surface area contributed by atoms with Gasteiger partial charge in [0.05, 0.1) is 18.2 Å². The molecule has 0 unspecified atom stereocenters. The highest BCUT2D eigenvalue weighted by Gasteiger charge is 2.24. The molecule has 1 heterocycles. The summed E-state index contributed by atoms with van der Waals surface area (Å²) in [5.41, 5.74) is 4.78. The molecule has 0 bridgehead atoms. The van der Waals surface area contributed by atoms with Crippen LogP contribution in [0.2, 0.25) is 0 Å². The third-order valence-corrected chi connectivity index (χ3v) is 6.76. The zero-order valence-electron chi connectivity index (χ0n) is 15.2.